The van der Waals surface area contributed by atoms with Gasteiger partial charge in [-0.05, 0) is 23.8 Å². The number of rotatable bonds is 5. The second-order valence-corrected chi connectivity index (χ2v) is 3.98. The number of terminal acetylenes is 1. The van der Waals surface area contributed by atoms with Crippen LogP contribution in [0.2, 0.25) is 0 Å². The lowest BCUT2D eigenvalue weighted by atomic mass is 10.2. The second kappa shape index (κ2) is 6.41. The van der Waals surface area contributed by atoms with Gasteiger partial charge in [-0.15, -0.1) is 12.3 Å². The maximum Gasteiger partial charge on any atom is 0.307 e. The van der Waals surface area contributed by atoms with Crippen LogP contribution in [0.3, 0.4) is 0 Å². The minimum Gasteiger partial charge on any atom is -0.461 e. The number of hydrogen-bond acceptors (Lipinski definition) is 3. The average Bonchev–Trinajstić information content (AvgIpc) is 2.97. The van der Waals surface area contributed by atoms with Gasteiger partial charge in [0, 0.05) is 18.8 Å². The van der Waals surface area contributed by atoms with Crippen molar-refractivity contribution in [3.63, 3.8) is 0 Å². The van der Waals surface area contributed by atoms with Crippen molar-refractivity contribution < 1.29 is 9.53 Å². The summed E-state index contributed by atoms with van der Waals surface area (Å²) in [6.45, 7) is 0.267. The number of nitrogens with zero attached hydrogens (tertiary/aromatic N) is 2. The molecule has 4 heteroatoms. The SMILES string of the molecule is C#CCCC(=O)OCc1ccc(-n2cccn2)cc1. The first-order valence-electron chi connectivity index (χ1n) is 5.97. The second-order valence-electron chi connectivity index (χ2n) is 3.98. The molecule has 0 fully saturated rings. The molecule has 0 radical (unpaired) electrons. The maximum atomic E-state index is 11.3. The summed E-state index contributed by atoms with van der Waals surface area (Å²) in [4.78, 5) is 11.3. The van der Waals surface area contributed by atoms with E-state index in [-0.39, 0.29) is 19.0 Å². The molecular weight excluding hydrogens is 240 g/mol. The molecule has 0 saturated heterocycles. The predicted molar refractivity (Wildman–Crippen MR) is 71.4 cm³/mol. The molecule has 0 amide bonds. The Hall–Kier alpha value is -2.54. The Kier molecular flexibility index (Phi) is 4.35. The Morgan fingerprint density at radius 2 is 2.16 bits per heavy atom. The van der Waals surface area contributed by atoms with Crippen molar-refractivity contribution in [1.29, 1.82) is 0 Å². The Balaban J connectivity index is 1.89. The topological polar surface area (TPSA) is 44.1 Å². The molecule has 2 rings (SSSR count). The molecule has 0 spiro atoms. The smallest absolute Gasteiger partial charge is 0.307 e. The van der Waals surface area contributed by atoms with Gasteiger partial charge in [-0.3, -0.25) is 4.79 Å². The molecule has 0 aliphatic carbocycles. The molecule has 1 aromatic carbocycles. The van der Waals surface area contributed by atoms with E-state index in [1.165, 1.54) is 0 Å². The lowest BCUT2D eigenvalue weighted by Gasteiger charge is -2.05. The summed E-state index contributed by atoms with van der Waals surface area (Å²) in [5.41, 5.74) is 1.90. The fourth-order valence-corrected chi connectivity index (χ4v) is 1.58. The van der Waals surface area contributed by atoms with E-state index in [1.54, 1.807) is 10.9 Å². The average molecular weight is 254 g/mol. The molecule has 0 aliphatic rings. The van der Waals surface area contributed by atoms with Crippen LogP contribution in [0.5, 0.6) is 0 Å². The first kappa shape index (κ1) is 12.9. The third kappa shape index (κ3) is 3.71. The number of carbonyl (C=O) groups is 1. The van der Waals surface area contributed by atoms with E-state index in [2.05, 4.69) is 11.0 Å². The van der Waals surface area contributed by atoms with Crippen LogP contribution in [-0.4, -0.2) is 15.7 Å². The van der Waals surface area contributed by atoms with Gasteiger partial charge in [-0.2, -0.15) is 5.10 Å². The molecule has 0 bridgehead atoms. The zero-order valence-electron chi connectivity index (χ0n) is 10.5. The zero-order chi connectivity index (χ0) is 13.5. The van der Waals surface area contributed by atoms with E-state index in [4.69, 9.17) is 11.2 Å². The van der Waals surface area contributed by atoms with Gasteiger partial charge in [-0.1, -0.05) is 12.1 Å². The Morgan fingerprint density at radius 1 is 1.37 bits per heavy atom. The lowest BCUT2D eigenvalue weighted by molar-refractivity contribution is -0.144. The van der Waals surface area contributed by atoms with Crippen molar-refractivity contribution >= 4 is 5.97 Å². The molecule has 0 atom stereocenters. The monoisotopic (exact) mass is 254 g/mol. The predicted octanol–water partition coefficient (Wildman–Crippen LogP) is 2.33. The van der Waals surface area contributed by atoms with Crippen LogP contribution in [0.1, 0.15) is 18.4 Å². The van der Waals surface area contributed by atoms with E-state index >= 15 is 0 Å². The summed E-state index contributed by atoms with van der Waals surface area (Å²) in [5, 5.41) is 4.14. The van der Waals surface area contributed by atoms with E-state index < -0.39 is 0 Å². The maximum absolute atomic E-state index is 11.3. The van der Waals surface area contributed by atoms with Crippen LogP contribution in [0.25, 0.3) is 5.69 Å². The van der Waals surface area contributed by atoms with Gasteiger partial charge in [0.15, 0.2) is 0 Å². The highest BCUT2D eigenvalue weighted by Crippen LogP contribution is 2.09. The van der Waals surface area contributed by atoms with Gasteiger partial charge in [0.1, 0.15) is 6.61 Å². The van der Waals surface area contributed by atoms with Crippen LogP contribution >= 0.6 is 0 Å². The molecule has 0 unspecified atom stereocenters. The first-order valence-corrected chi connectivity index (χ1v) is 5.97. The van der Waals surface area contributed by atoms with Crippen LogP contribution in [0.4, 0.5) is 0 Å². The van der Waals surface area contributed by atoms with E-state index in [0.29, 0.717) is 6.42 Å². The lowest BCUT2D eigenvalue weighted by Crippen LogP contribution is -2.04. The Bertz CT molecular complexity index is 565. The number of benzene rings is 1. The number of hydrogen-bond donors (Lipinski definition) is 0. The molecule has 1 heterocycles. The van der Waals surface area contributed by atoms with Crippen molar-refractivity contribution in [3.8, 4) is 18.0 Å². The van der Waals surface area contributed by atoms with E-state index in [1.807, 2.05) is 36.5 Å². The summed E-state index contributed by atoms with van der Waals surface area (Å²) in [5.74, 6) is 2.14. The highest BCUT2D eigenvalue weighted by atomic mass is 16.5. The largest absolute Gasteiger partial charge is 0.461 e. The Labute approximate surface area is 112 Å². The molecular formula is C15H14N2O2. The molecule has 4 nitrogen and oxygen atoms in total. The summed E-state index contributed by atoms with van der Waals surface area (Å²) >= 11 is 0. The van der Waals surface area contributed by atoms with Crippen molar-refractivity contribution in [2.45, 2.75) is 19.4 Å². The van der Waals surface area contributed by atoms with Crippen LogP contribution in [0.15, 0.2) is 42.7 Å². The fraction of sp³-hybridized carbons (Fsp3) is 0.200. The third-order valence-corrected chi connectivity index (χ3v) is 2.58. The van der Waals surface area contributed by atoms with Gasteiger partial charge in [-0.25, -0.2) is 4.68 Å². The Morgan fingerprint density at radius 3 is 2.79 bits per heavy atom. The van der Waals surface area contributed by atoms with Gasteiger partial charge < -0.3 is 4.74 Å². The van der Waals surface area contributed by atoms with E-state index in [9.17, 15) is 4.79 Å². The number of carbonyl (C=O) groups excluding carboxylic acids is 1. The normalized spacial score (nSPS) is 9.84. The molecule has 0 N–H and O–H groups in total. The highest BCUT2D eigenvalue weighted by Gasteiger charge is 2.02. The zero-order valence-corrected chi connectivity index (χ0v) is 10.5. The number of ether oxygens (including phenoxy) is 1. The van der Waals surface area contributed by atoms with Gasteiger partial charge in [0.05, 0.1) is 12.1 Å². The third-order valence-electron chi connectivity index (χ3n) is 2.58. The minimum absolute atomic E-state index is 0.266. The van der Waals surface area contributed by atoms with Gasteiger partial charge in [0.25, 0.3) is 0 Å². The molecule has 0 aliphatic heterocycles. The van der Waals surface area contributed by atoms with Crippen molar-refractivity contribution in [1.82, 2.24) is 9.78 Å². The first-order chi connectivity index (χ1) is 9.29. The van der Waals surface area contributed by atoms with E-state index in [0.717, 1.165) is 11.3 Å². The van der Waals surface area contributed by atoms with Gasteiger partial charge >= 0.3 is 5.97 Å². The summed E-state index contributed by atoms with van der Waals surface area (Å²) in [7, 11) is 0. The number of aromatic nitrogens is 2. The van der Waals surface area contributed by atoms with Crippen LogP contribution in [-0.2, 0) is 16.1 Å². The standard InChI is InChI=1S/C15H14N2O2/c1-2-3-5-15(18)19-12-13-6-8-14(9-7-13)17-11-4-10-16-17/h1,4,6-11H,3,5,12H2. The summed E-state index contributed by atoms with van der Waals surface area (Å²) in [6, 6.07) is 9.54. The quantitative estimate of drug-likeness (QED) is 0.607. The van der Waals surface area contributed by atoms with Crippen molar-refractivity contribution in [3.05, 3.63) is 48.3 Å². The summed E-state index contributed by atoms with van der Waals surface area (Å²) < 4.78 is 6.87. The molecule has 1 aromatic heterocycles. The highest BCUT2D eigenvalue weighted by molar-refractivity contribution is 5.69. The van der Waals surface area contributed by atoms with Crippen molar-refractivity contribution in [2.24, 2.45) is 0 Å². The molecule has 19 heavy (non-hydrogen) atoms. The summed E-state index contributed by atoms with van der Waals surface area (Å²) in [6.07, 6.45) is 9.35. The molecule has 2 aromatic rings. The minimum atomic E-state index is -0.269. The van der Waals surface area contributed by atoms with Gasteiger partial charge in [0.2, 0.25) is 0 Å². The molecule has 96 valence electrons. The van der Waals surface area contributed by atoms with Crippen LogP contribution < -0.4 is 0 Å². The number of esters is 1. The fourth-order valence-electron chi connectivity index (χ4n) is 1.58. The van der Waals surface area contributed by atoms with Crippen LogP contribution in [0, 0.1) is 12.3 Å². The van der Waals surface area contributed by atoms with Crippen molar-refractivity contribution in [2.75, 3.05) is 0 Å². The molecule has 0 saturated carbocycles.